The minimum absolute atomic E-state index is 0.457. The van der Waals surface area contributed by atoms with Crippen molar-refractivity contribution in [3.8, 4) is 0 Å². The second-order valence-electron chi connectivity index (χ2n) is 5.50. The lowest BCUT2D eigenvalue weighted by Gasteiger charge is -2.19. The van der Waals surface area contributed by atoms with Crippen LogP contribution in [0.15, 0.2) is 24.3 Å². The third-order valence-electron chi connectivity index (χ3n) is 3.61. The summed E-state index contributed by atoms with van der Waals surface area (Å²) in [6.45, 7) is 4.19. The van der Waals surface area contributed by atoms with Crippen molar-refractivity contribution in [2.45, 2.75) is 45.6 Å². The van der Waals surface area contributed by atoms with Crippen LogP contribution < -0.4 is 5.32 Å². The van der Waals surface area contributed by atoms with Crippen molar-refractivity contribution < 1.29 is 22.7 Å². The van der Waals surface area contributed by atoms with E-state index in [1.54, 1.807) is 6.92 Å². The molecule has 0 spiro atoms. The molecule has 0 aliphatic rings. The van der Waals surface area contributed by atoms with E-state index in [1.165, 1.54) is 6.92 Å². The van der Waals surface area contributed by atoms with Crippen molar-refractivity contribution in [1.29, 1.82) is 0 Å². The van der Waals surface area contributed by atoms with E-state index in [2.05, 4.69) is 15.0 Å². The Kier molecular flexibility index (Phi) is 5.48. The molecule has 2 aromatic rings. The van der Waals surface area contributed by atoms with Gasteiger partial charge in [0.25, 0.3) is 0 Å². The summed E-state index contributed by atoms with van der Waals surface area (Å²) in [5.41, 5.74) is 1.74. The first kappa shape index (κ1) is 18.3. The maximum absolute atomic E-state index is 12.2. The number of carbonyl (C=O) groups excluding carboxylic acids is 1. The number of hydrogen-bond donors (Lipinski definition) is 1. The number of fused-ring (bicyclic) bond motifs is 1. The fourth-order valence-corrected chi connectivity index (χ4v) is 2.45. The molecule has 24 heavy (non-hydrogen) atoms. The number of para-hydroxylation sites is 2. The molecule has 1 amide bonds. The predicted molar refractivity (Wildman–Crippen MR) is 83.4 cm³/mol. The Morgan fingerprint density at radius 3 is 2.62 bits per heavy atom. The third kappa shape index (κ3) is 4.25. The van der Waals surface area contributed by atoms with Crippen LogP contribution in [0.4, 0.5) is 13.2 Å². The van der Waals surface area contributed by atoms with Crippen LogP contribution in [-0.2, 0) is 16.1 Å². The fourth-order valence-electron chi connectivity index (χ4n) is 2.45. The Morgan fingerprint density at radius 1 is 1.33 bits per heavy atom. The summed E-state index contributed by atoms with van der Waals surface area (Å²) >= 11 is 0. The van der Waals surface area contributed by atoms with Crippen LogP contribution in [0, 0.1) is 0 Å². The SMILES string of the molecule is CCn1c([C@@H](C)NC(=O)[C@H](C)OCC(F)(F)F)nc2ccccc21. The van der Waals surface area contributed by atoms with Crippen LogP contribution in [0.2, 0.25) is 0 Å². The zero-order valence-electron chi connectivity index (χ0n) is 13.7. The lowest BCUT2D eigenvalue weighted by Crippen LogP contribution is -2.38. The van der Waals surface area contributed by atoms with E-state index < -0.39 is 30.8 Å². The first-order valence-electron chi connectivity index (χ1n) is 7.66. The van der Waals surface area contributed by atoms with Gasteiger partial charge >= 0.3 is 6.18 Å². The Hall–Kier alpha value is -2.09. The van der Waals surface area contributed by atoms with E-state index in [0.29, 0.717) is 12.4 Å². The van der Waals surface area contributed by atoms with Gasteiger partial charge in [-0.15, -0.1) is 0 Å². The summed E-state index contributed by atoms with van der Waals surface area (Å²) in [6, 6.07) is 7.11. The molecule has 1 aromatic carbocycles. The third-order valence-corrected chi connectivity index (χ3v) is 3.61. The summed E-state index contributed by atoms with van der Waals surface area (Å²) in [7, 11) is 0. The van der Waals surface area contributed by atoms with Gasteiger partial charge in [-0.3, -0.25) is 4.79 Å². The second kappa shape index (κ2) is 7.21. The first-order valence-corrected chi connectivity index (χ1v) is 7.66. The molecule has 0 radical (unpaired) electrons. The molecule has 2 atom stereocenters. The van der Waals surface area contributed by atoms with Gasteiger partial charge in [-0.05, 0) is 32.9 Å². The minimum Gasteiger partial charge on any atom is -0.359 e. The average Bonchev–Trinajstić information content (AvgIpc) is 2.90. The maximum Gasteiger partial charge on any atom is 0.411 e. The van der Waals surface area contributed by atoms with Crippen LogP contribution in [0.3, 0.4) is 0 Å². The highest BCUT2D eigenvalue weighted by molar-refractivity contribution is 5.81. The minimum atomic E-state index is -4.46. The molecule has 2 rings (SSSR count). The van der Waals surface area contributed by atoms with Crippen LogP contribution in [-0.4, -0.2) is 34.3 Å². The Bertz CT molecular complexity index is 712. The van der Waals surface area contributed by atoms with Gasteiger partial charge in [-0.2, -0.15) is 13.2 Å². The molecule has 0 bridgehead atoms. The van der Waals surface area contributed by atoms with E-state index in [1.807, 2.05) is 35.8 Å². The van der Waals surface area contributed by atoms with Gasteiger partial charge in [0.15, 0.2) is 0 Å². The standard InChI is InChI=1S/C16H20F3N3O2/c1-4-22-13-8-6-5-7-12(13)21-14(22)10(2)20-15(23)11(3)24-9-16(17,18)19/h5-8,10-11H,4,9H2,1-3H3,(H,20,23)/t10-,11+/m1/s1. The number of rotatable bonds is 6. The van der Waals surface area contributed by atoms with Crippen molar-refractivity contribution in [2.24, 2.45) is 0 Å². The molecule has 8 heteroatoms. The molecule has 1 heterocycles. The lowest BCUT2D eigenvalue weighted by atomic mass is 10.2. The smallest absolute Gasteiger partial charge is 0.359 e. The fraction of sp³-hybridized carbons (Fsp3) is 0.500. The summed E-state index contributed by atoms with van der Waals surface area (Å²) in [5.74, 6) is 0.0385. The average molecular weight is 343 g/mol. The van der Waals surface area contributed by atoms with Gasteiger partial charge in [0.1, 0.15) is 18.5 Å². The van der Waals surface area contributed by atoms with E-state index in [-0.39, 0.29) is 0 Å². The molecule has 1 aromatic heterocycles. The highest BCUT2D eigenvalue weighted by Gasteiger charge is 2.30. The van der Waals surface area contributed by atoms with Crippen molar-refractivity contribution in [2.75, 3.05) is 6.61 Å². The largest absolute Gasteiger partial charge is 0.411 e. The zero-order valence-corrected chi connectivity index (χ0v) is 13.7. The van der Waals surface area contributed by atoms with Gasteiger partial charge in [-0.1, -0.05) is 12.1 Å². The summed E-state index contributed by atoms with van der Waals surface area (Å²) in [4.78, 5) is 16.5. The van der Waals surface area contributed by atoms with Crippen molar-refractivity contribution in [3.05, 3.63) is 30.1 Å². The van der Waals surface area contributed by atoms with Crippen LogP contribution in [0.1, 0.15) is 32.6 Å². The Morgan fingerprint density at radius 2 is 2.00 bits per heavy atom. The molecule has 132 valence electrons. The number of amides is 1. The van der Waals surface area contributed by atoms with Gasteiger partial charge in [0, 0.05) is 6.54 Å². The molecule has 0 saturated carbocycles. The van der Waals surface area contributed by atoms with Gasteiger partial charge in [0.2, 0.25) is 5.91 Å². The summed E-state index contributed by atoms with van der Waals surface area (Å²) in [5, 5.41) is 2.65. The number of imidazole rings is 1. The highest BCUT2D eigenvalue weighted by atomic mass is 19.4. The molecule has 0 fully saturated rings. The number of nitrogens with one attached hydrogen (secondary N) is 1. The molecule has 5 nitrogen and oxygen atoms in total. The molecular weight excluding hydrogens is 323 g/mol. The number of halogens is 3. The monoisotopic (exact) mass is 343 g/mol. The molecule has 0 aliphatic heterocycles. The predicted octanol–water partition coefficient (Wildman–Crippen LogP) is 3.20. The topological polar surface area (TPSA) is 56.2 Å². The highest BCUT2D eigenvalue weighted by Crippen LogP contribution is 2.21. The van der Waals surface area contributed by atoms with Crippen LogP contribution in [0.5, 0.6) is 0 Å². The lowest BCUT2D eigenvalue weighted by molar-refractivity contribution is -0.185. The van der Waals surface area contributed by atoms with E-state index in [4.69, 9.17) is 0 Å². The molecule has 0 unspecified atom stereocenters. The first-order chi connectivity index (χ1) is 11.2. The maximum atomic E-state index is 12.2. The van der Waals surface area contributed by atoms with E-state index in [9.17, 15) is 18.0 Å². The number of alkyl halides is 3. The normalized spacial score (nSPS) is 14.6. The van der Waals surface area contributed by atoms with Gasteiger partial charge in [-0.25, -0.2) is 4.98 Å². The number of hydrogen-bond acceptors (Lipinski definition) is 3. The molecule has 0 saturated heterocycles. The van der Waals surface area contributed by atoms with Crippen LogP contribution in [0.25, 0.3) is 11.0 Å². The number of nitrogens with zero attached hydrogens (tertiary/aromatic N) is 2. The number of aryl methyl sites for hydroxylation is 1. The van der Waals surface area contributed by atoms with Gasteiger partial charge in [0.05, 0.1) is 17.1 Å². The van der Waals surface area contributed by atoms with E-state index in [0.717, 1.165) is 11.0 Å². The molecule has 0 aliphatic carbocycles. The quantitative estimate of drug-likeness (QED) is 0.876. The summed E-state index contributed by atoms with van der Waals surface area (Å²) in [6.07, 6.45) is -5.66. The number of ether oxygens (including phenoxy) is 1. The number of benzene rings is 1. The Labute approximate surface area is 137 Å². The van der Waals surface area contributed by atoms with Crippen LogP contribution >= 0.6 is 0 Å². The Balaban J connectivity index is 2.09. The van der Waals surface area contributed by atoms with Crippen molar-refractivity contribution in [1.82, 2.24) is 14.9 Å². The van der Waals surface area contributed by atoms with E-state index >= 15 is 0 Å². The van der Waals surface area contributed by atoms with Crippen molar-refractivity contribution in [3.63, 3.8) is 0 Å². The van der Waals surface area contributed by atoms with Crippen molar-refractivity contribution >= 4 is 16.9 Å². The zero-order chi connectivity index (χ0) is 17.9. The number of carbonyl (C=O) groups is 1. The van der Waals surface area contributed by atoms with Gasteiger partial charge < -0.3 is 14.6 Å². The summed E-state index contributed by atoms with van der Waals surface area (Å²) < 4.78 is 43.0. The molecular formula is C16H20F3N3O2. The number of aromatic nitrogens is 2. The molecule has 1 N–H and O–H groups in total. The second-order valence-corrected chi connectivity index (χ2v) is 5.50.